The number of nitrogens with zero attached hydrogens (tertiary/aromatic N) is 1. The second kappa shape index (κ2) is 7.66. The van der Waals surface area contributed by atoms with Crippen LogP contribution in [0.2, 0.25) is 0 Å². The predicted octanol–water partition coefficient (Wildman–Crippen LogP) is 3.56. The van der Waals surface area contributed by atoms with Crippen molar-refractivity contribution in [3.63, 3.8) is 0 Å². The predicted molar refractivity (Wildman–Crippen MR) is 99.2 cm³/mol. The maximum Gasteiger partial charge on any atom is 0.233 e. The molecule has 5 nitrogen and oxygen atoms in total. The van der Waals surface area contributed by atoms with Gasteiger partial charge in [0.2, 0.25) is 5.91 Å². The summed E-state index contributed by atoms with van der Waals surface area (Å²) >= 11 is 3.45. The first-order valence-corrected chi connectivity index (χ1v) is 10.4. The number of hydrogen-bond donors (Lipinski definition) is 0. The van der Waals surface area contributed by atoms with Crippen LogP contribution in [0.3, 0.4) is 0 Å². The molecule has 0 bridgehead atoms. The van der Waals surface area contributed by atoms with Gasteiger partial charge in [-0.2, -0.15) is 11.8 Å². The van der Waals surface area contributed by atoms with E-state index in [9.17, 15) is 4.79 Å². The van der Waals surface area contributed by atoms with Crippen molar-refractivity contribution in [3.05, 3.63) is 47.9 Å². The van der Waals surface area contributed by atoms with Gasteiger partial charge in [-0.05, 0) is 29.8 Å². The molecule has 1 saturated heterocycles. The maximum atomic E-state index is 12.3. The van der Waals surface area contributed by atoms with E-state index in [1.807, 2.05) is 35.2 Å². The lowest BCUT2D eigenvalue weighted by atomic mass is 10.1. The van der Waals surface area contributed by atoms with E-state index >= 15 is 0 Å². The summed E-state index contributed by atoms with van der Waals surface area (Å²) in [6, 6.07) is 9.85. The number of thioether (sulfide) groups is 2. The molecular formula is C18H19NO4S2. The molecule has 1 unspecified atom stereocenters. The first-order valence-electron chi connectivity index (χ1n) is 8.22. The van der Waals surface area contributed by atoms with E-state index in [2.05, 4.69) is 0 Å². The summed E-state index contributed by atoms with van der Waals surface area (Å²) in [7, 11) is 0. The van der Waals surface area contributed by atoms with Crippen LogP contribution in [0.15, 0.2) is 41.0 Å². The average Bonchev–Trinajstić information content (AvgIpc) is 3.28. The van der Waals surface area contributed by atoms with Crippen LogP contribution in [0.25, 0.3) is 0 Å². The number of benzene rings is 1. The topological polar surface area (TPSA) is 51.9 Å². The van der Waals surface area contributed by atoms with E-state index in [4.69, 9.17) is 13.9 Å². The molecule has 2 aliphatic heterocycles. The number of fused-ring (bicyclic) bond motifs is 1. The molecule has 25 heavy (non-hydrogen) atoms. The fourth-order valence-corrected chi connectivity index (χ4v) is 4.96. The molecule has 0 spiro atoms. The monoisotopic (exact) mass is 377 g/mol. The van der Waals surface area contributed by atoms with Crippen molar-refractivity contribution >= 4 is 29.4 Å². The van der Waals surface area contributed by atoms with Gasteiger partial charge in [0, 0.05) is 12.3 Å². The lowest BCUT2D eigenvalue weighted by Crippen LogP contribution is -2.30. The molecule has 1 atom stereocenters. The quantitative estimate of drug-likeness (QED) is 0.718. The molecule has 4 rings (SSSR count). The first kappa shape index (κ1) is 16.7. The third-order valence-electron chi connectivity index (χ3n) is 4.12. The molecule has 1 aromatic carbocycles. The highest BCUT2D eigenvalue weighted by Crippen LogP contribution is 2.42. The second-order valence-electron chi connectivity index (χ2n) is 5.79. The van der Waals surface area contributed by atoms with Gasteiger partial charge in [0.05, 0.1) is 17.8 Å². The van der Waals surface area contributed by atoms with Crippen molar-refractivity contribution in [1.29, 1.82) is 0 Å². The first-order chi connectivity index (χ1) is 12.3. The summed E-state index contributed by atoms with van der Waals surface area (Å²) in [5.74, 6) is 4.96. The summed E-state index contributed by atoms with van der Waals surface area (Å²) in [6.07, 6.45) is 1.69. The molecule has 2 aromatic rings. The van der Waals surface area contributed by atoms with Gasteiger partial charge in [0.1, 0.15) is 24.3 Å². The number of furan rings is 1. The zero-order chi connectivity index (χ0) is 17.1. The fraction of sp³-hybridized carbons (Fsp3) is 0.389. The van der Waals surface area contributed by atoms with Crippen molar-refractivity contribution < 1.29 is 18.7 Å². The number of hydrogen-bond acceptors (Lipinski definition) is 6. The third kappa shape index (κ3) is 3.77. The van der Waals surface area contributed by atoms with Crippen LogP contribution < -0.4 is 9.47 Å². The Bertz CT molecular complexity index is 735. The molecule has 0 N–H and O–H groups in total. The van der Waals surface area contributed by atoms with Gasteiger partial charge in [-0.3, -0.25) is 4.79 Å². The lowest BCUT2D eigenvalue weighted by Gasteiger charge is -2.26. The van der Waals surface area contributed by atoms with Crippen LogP contribution in [-0.4, -0.2) is 42.1 Å². The molecule has 2 aliphatic rings. The summed E-state index contributed by atoms with van der Waals surface area (Å²) in [5, 5.41) is 0.0486. The zero-order valence-electron chi connectivity index (χ0n) is 13.7. The maximum absolute atomic E-state index is 12.3. The Morgan fingerprint density at radius 3 is 2.92 bits per heavy atom. The third-order valence-corrected chi connectivity index (χ3v) is 6.34. The van der Waals surface area contributed by atoms with Crippen molar-refractivity contribution in [1.82, 2.24) is 4.90 Å². The highest BCUT2D eigenvalue weighted by Gasteiger charge is 2.33. The largest absolute Gasteiger partial charge is 0.486 e. The summed E-state index contributed by atoms with van der Waals surface area (Å²) < 4.78 is 16.6. The minimum absolute atomic E-state index is 0.0486. The Morgan fingerprint density at radius 1 is 1.20 bits per heavy atom. The summed E-state index contributed by atoms with van der Waals surface area (Å²) in [4.78, 5) is 14.3. The summed E-state index contributed by atoms with van der Waals surface area (Å²) in [5.41, 5.74) is 1.09. The van der Waals surface area contributed by atoms with Crippen LogP contribution in [0.4, 0.5) is 0 Å². The lowest BCUT2D eigenvalue weighted by molar-refractivity contribution is -0.127. The Kier molecular flexibility index (Phi) is 5.12. The van der Waals surface area contributed by atoms with E-state index in [0.717, 1.165) is 40.9 Å². The van der Waals surface area contributed by atoms with Crippen molar-refractivity contribution in [2.45, 2.75) is 11.1 Å². The SMILES string of the molecule is O=C1CSC(c2ccc3c(c2)OCCO3)N1CCSCc1ccco1. The van der Waals surface area contributed by atoms with Crippen molar-refractivity contribution in [2.75, 3.05) is 31.3 Å². The molecule has 0 saturated carbocycles. The number of carbonyl (C=O) groups excluding carboxylic acids is 1. The second-order valence-corrected chi connectivity index (χ2v) is 7.96. The average molecular weight is 377 g/mol. The number of ether oxygens (including phenoxy) is 2. The van der Waals surface area contributed by atoms with Gasteiger partial charge < -0.3 is 18.8 Å². The molecule has 7 heteroatoms. The molecule has 1 fully saturated rings. The van der Waals surface area contributed by atoms with Crippen LogP contribution in [0.1, 0.15) is 16.7 Å². The van der Waals surface area contributed by atoms with Gasteiger partial charge in [0.15, 0.2) is 11.5 Å². The Morgan fingerprint density at radius 2 is 2.08 bits per heavy atom. The molecule has 1 amide bonds. The van der Waals surface area contributed by atoms with E-state index in [0.29, 0.717) is 19.0 Å². The van der Waals surface area contributed by atoms with Crippen molar-refractivity contribution in [2.24, 2.45) is 0 Å². The highest BCUT2D eigenvalue weighted by molar-refractivity contribution is 8.00. The molecule has 0 aliphatic carbocycles. The van der Waals surface area contributed by atoms with Gasteiger partial charge in [0.25, 0.3) is 0 Å². The van der Waals surface area contributed by atoms with Gasteiger partial charge in [-0.25, -0.2) is 0 Å². The minimum atomic E-state index is 0.0486. The molecule has 1 aromatic heterocycles. The fourth-order valence-electron chi connectivity index (χ4n) is 2.92. The van der Waals surface area contributed by atoms with Crippen LogP contribution in [0, 0.1) is 0 Å². The van der Waals surface area contributed by atoms with Crippen molar-refractivity contribution in [3.8, 4) is 11.5 Å². The normalized spacial score (nSPS) is 19.4. The van der Waals surface area contributed by atoms with E-state index in [-0.39, 0.29) is 11.3 Å². The van der Waals surface area contributed by atoms with Crippen LogP contribution in [0.5, 0.6) is 11.5 Å². The minimum Gasteiger partial charge on any atom is -0.486 e. The van der Waals surface area contributed by atoms with E-state index in [1.54, 1.807) is 29.8 Å². The van der Waals surface area contributed by atoms with E-state index in [1.165, 1.54) is 0 Å². The van der Waals surface area contributed by atoms with Gasteiger partial charge >= 0.3 is 0 Å². The van der Waals surface area contributed by atoms with Gasteiger partial charge in [-0.1, -0.05) is 6.07 Å². The Hall–Kier alpha value is -1.73. The molecule has 132 valence electrons. The molecule has 0 radical (unpaired) electrons. The highest BCUT2D eigenvalue weighted by atomic mass is 32.2. The van der Waals surface area contributed by atoms with Crippen LogP contribution in [-0.2, 0) is 10.5 Å². The smallest absolute Gasteiger partial charge is 0.233 e. The standard InChI is InChI=1S/C18H19NO4S2/c20-17-12-25-18(13-3-4-15-16(10-13)23-8-7-22-15)19(17)5-9-24-11-14-2-1-6-21-14/h1-4,6,10,18H,5,7-9,11-12H2. The Labute approximate surface area is 155 Å². The number of amides is 1. The number of carbonyl (C=O) groups is 1. The number of rotatable bonds is 6. The molecule has 3 heterocycles. The summed E-state index contributed by atoms with van der Waals surface area (Å²) in [6.45, 7) is 1.89. The molecular weight excluding hydrogens is 358 g/mol. The Balaban J connectivity index is 1.39. The van der Waals surface area contributed by atoms with Gasteiger partial charge in [-0.15, -0.1) is 11.8 Å². The van der Waals surface area contributed by atoms with E-state index < -0.39 is 0 Å². The zero-order valence-corrected chi connectivity index (χ0v) is 15.3. The van der Waals surface area contributed by atoms with Crippen LogP contribution >= 0.6 is 23.5 Å².